The maximum Gasteiger partial charge on any atom is 0.415 e. The van der Waals surface area contributed by atoms with Gasteiger partial charge in [-0.05, 0) is 24.3 Å². The van der Waals surface area contributed by atoms with Gasteiger partial charge < -0.3 is 14.5 Å². The molecule has 1 aromatic carbocycles. The number of carbonyl (C=O) groups excluding carboxylic acids is 2. The van der Waals surface area contributed by atoms with Crippen molar-refractivity contribution < 1.29 is 14.3 Å². The van der Waals surface area contributed by atoms with Crippen molar-refractivity contribution in [2.75, 3.05) is 26.2 Å². The summed E-state index contributed by atoms with van der Waals surface area (Å²) in [4.78, 5) is 31.8. The Morgan fingerprint density at radius 2 is 1.52 bits per heavy atom. The molecular formula is C17H17N3O3. The van der Waals surface area contributed by atoms with Crippen molar-refractivity contribution in [1.29, 1.82) is 0 Å². The predicted molar refractivity (Wildman–Crippen MR) is 84.2 cm³/mol. The van der Waals surface area contributed by atoms with Gasteiger partial charge in [-0.1, -0.05) is 24.3 Å². The Morgan fingerprint density at radius 1 is 0.870 bits per heavy atom. The second kappa shape index (κ2) is 6.91. The van der Waals surface area contributed by atoms with E-state index in [1.807, 2.05) is 18.2 Å². The van der Waals surface area contributed by atoms with Gasteiger partial charge in [0.1, 0.15) is 11.4 Å². The number of para-hydroxylation sites is 1. The molecule has 0 saturated carbocycles. The van der Waals surface area contributed by atoms with Gasteiger partial charge in [-0.25, -0.2) is 4.79 Å². The average Bonchev–Trinajstić information content (AvgIpc) is 2.63. The van der Waals surface area contributed by atoms with E-state index in [1.165, 1.54) is 0 Å². The van der Waals surface area contributed by atoms with Gasteiger partial charge in [0, 0.05) is 32.4 Å². The zero-order chi connectivity index (χ0) is 16.1. The number of carbonyl (C=O) groups is 2. The van der Waals surface area contributed by atoms with Crippen LogP contribution in [0.1, 0.15) is 10.5 Å². The topological polar surface area (TPSA) is 62.7 Å². The van der Waals surface area contributed by atoms with E-state index in [9.17, 15) is 9.59 Å². The van der Waals surface area contributed by atoms with Gasteiger partial charge >= 0.3 is 6.09 Å². The molecule has 1 aromatic heterocycles. The molecule has 1 aliphatic heterocycles. The lowest BCUT2D eigenvalue weighted by molar-refractivity contribution is 0.0628. The first-order valence-corrected chi connectivity index (χ1v) is 7.46. The lowest BCUT2D eigenvalue weighted by Gasteiger charge is -2.33. The first kappa shape index (κ1) is 15.0. The smallest absolute Gasteiger partial charge is 0.410 e. The summed E-state index contributed by atoms with van der Waals surface area (Å²) in [5, 5.41) is 0. The molecule has 0 atom stereocenters. The van der Waals surface area contributed by atoms with Crippen LogP contribution in [0, 0.1) is 0 Å². The Balaban J connectivity index is 1.54. The molecule has 2 heterocycles. The quantitative estimate of drug-likeness (QED) is 0.851. The zero-order valence-electron chi connectivity index (χ0n) is 12.6. The van der Waals surface area contributed by atoms with Gasteiger partial charge in [-0.15, -0.1) is 0 Å². The molecule has 118 valence electrons. The molecule has 1 saturated heterocycles. The van der Waals surface area contributed by atoms with Gasteiger partial charge in [0.15, 0.2) is 0 Å². The summed E-state index contributed by atoms with van der Waals surface area (Å²) in [7, 11) is 0. The van der Waals surface area contributed by atoms with Crippen LogP contribution in [0.15, 0.2) is 54.7 Å². The SMILES string of the molecule is O=C(Oc1ccccc1)N1CCN(C(=O)c2ccccn2)CC1. The van der Waals surface area contributed by atoms with Crippen LogP contribution in [0.2, 0.25) is 0 Å². The number of pyridine rings is 1. The van der Waals surface area contributed by atoms with Crippen LogP contribution in [0.25, 0.3) is 0 Å². The molecule has 2 aromatic rings. The number of nitrogens with zero attached hydrogens (tertiary/aromatic N) is 3. The molecule has 6 heteroatoms. The highest BCUT2D eigenvalue weighted by atomic mass is 16.6. The fourth-order valence-corrected chi connectivity index (χ4v) is 2.40. The second-order valence-corrected chi connectivity index (χ2v) is 5.18. The van der Waals surface area contributed by atoms with Crippen LogP contribution >= 0.6 is 0 Å². The molecule has 0 unspecified atom stereocenters. The number of rotatable bonds is 2. The van der Waals surface area contributed by atoms with Crippen molar-refractivity contribution in [1.82, 2.24) is 14.8 Å². The Kier molecular flexibility index (Phi) is 4.52. The molecule has 0 aliphatic carbocycles. The third-order valence-electron chi connectivity index (χ3n) is 3.66. The fraction of sp³-hybridized carbons (Fsp3) is 0.235. The molecule has 6 nitrogen and oxygen atoms in total. The van der Waals surface area contributed by atoms with E-state index in [2.05, 4.69) is 4.98 Å². The van der Waals surface area contributed by atoms with Gasteiger partial charge in [0.25, 0.3) is 5.91 Å². The van der Waals surface area contributed by atoms with Gasteiger partial charge in [0.2, 0.25) is 0 Å². The molecule has 1 aliphatic rings. The van der Waals surface area contributed by atoms with E-state index in [4.69, 9.17) is 4.74 Å². The van der Waals surface area contributed by atoms with E-state index < -0.39 is 0 Å². The maximum absolute atomic E-state index is 12.3. The summed E-state index contributed by atoms with van der Waals surface area (Å²) >= 11 is 0. The van der Waals surface area contributed by atoms with Gasteiger partial charge in [0.05, 0.1) is 0 Å². The average molecular weight is 311 g/mol. The number of piperazine rings is 1. The monoisotopic (exact) mass is 311 g/mol. The highest BCUT2D eigenvalue weighted by Crippen LogP contribution is 2.12. The standard InChI is InChI=1S/C17H17N3O3/c21-16(15-8-4-5-9-18-15)19-10-12-20(13-11-19)17(22)23-14-6-2-1-3-7-14/h1-9H,10-13H2. The highest BCUT2D eigenvalue weighted by molar-refractivity contribution is 5.92. The molecular weight excluding hydrogens is 294 g/mol. The first-order chi connectivity index (χ1) is 11.2. The van der Waals surface area contributed by atoms with Crippen LogP contribution in [-0.4, -0.2) is 53.0 Å². The number of hydrogen-bond donors (Lipinski definition) is 0. The van der Waals surface area contributed by atoms with Crippen LogP contribution < -0.4 is 4.74 Å². The molecule has 0 spiro atoms. The van der Waals surface area contributed by atoms with Crippen LogP contribution in [-0.2, 0) is 0 Å². The maximum atomic E-state index is 12.3. The third kappa shape index (κ3) is 3.66. The van der Waals surface area contributed by atoms with E-state index in [-0.39, 0.29) is 12.0 Å². The Labute approximate surface area is 134 Å². The predicted octanol–water partition coefficient (Wildman–Crippen LogP) is 2.04. The number of ether oxygens (including phenoxy) is 1. The lowest BCUT2D eigenvalue weighted by atomic mass is 10.2. The Bertz CT molecular complexity index is 668. The molecule has 0 radical (unpaired) electrons. The number of aromatic nitrogens is 1. The minimum absolute atomic E-state index is 0.110. The van der Waals surface area contributed by atoms with Gasteiger partial charge in [-0.3, -0.25) is 9.78 Å². The molecule has 2 amide bonds. The molecule has 0 N–H and O–H groups in total. The number of amides is 2. The number of hydrogen-bond acceptors (Lipinski definition) is 4. The Hall–Kier alpha value is -2.89. The van der Waals surface area contributed by atoms with Crippen molar-refractivity contribution in [2.45, 2.75) is 0 Å². The van der Waals surface area contributed by atoms with Gasteiger partial charge in [-0.2, -0.15) is 0 Å². The van der Waals surface area contributed by atoms with Crippen molar-refractivity contribution in [3.8, 4) is 5.75 Å². The lowest BCUT2D eigenvalue weighted by Crippen LogP contribution is -2.51. The van der Waals surface area contributed by atoms with E-state index in [1.54, 1.807) is 46.3 Å². The number of benzene rings is 1. The van der Waals surface area contributed by atoms with Crippen LogP contribution in [0.4, 0.5) is 4.79 Å². The summed E-state index contributed by atoms with van der Waals surface area (Å²) in [6.45, 7) is 1.84. The normalized spacial score (nSPS) is 14.4. The van der Waals surface area contributed by atoms with Crippen molar-refractivity contribution in [2.24, 2.45) is 0 Å². The van der Waals surface area contributed by atoms with Crippen molar-refractivity contribution >= 4 is 12.0 Å². The minimum Gasteiger partial charge on any atom is -0.410 e. The molecule has 3 rings (SSSR count). The molecule has 0 bridgehead atoms. The van der Waals surface area contributed by atoms with Crippen LogP contribution in [0.5, 0.6) is 5.75 Å². The summed E-state index contributed by atoms with van der Waals surface area (Å²) in [5.41, 5.74) is 0.424. The van der Waals surface area contributed by atoms with Crippen molar-refractivity contribution in [3.63, 3.8) is 0 Å². The summed E-state index contributed by atoms with van der Waals surface area (Å²) in [6, 6.07) is 14.2. The minimum atomic E-state index is -0.388. The summed E-state index contributed by atoms with van der Waals surface area (Å²) in [5.74, 6) is 0.408. The van der Waals surface area contributed by atoms with Crippen LogP contribution in [0.3, 0.4) is 0 Å². The van der Waals surface area contributed by atoms with E-state index in [0.717, 1.165) is 0 Å². The first-order valence-electron chi connectivity index (χ1n) is 7.46. The van der Waals surface area contributed by atoms with Crippen molar-refractivity contribution in [3.05, 3.63) is 60.4 Å². The summed E-state index contributed by atoms with van der Waals surface area (Å²) < 4.78 is 5.31. The van der Waals surface area contributed by atoms with E-state index >= 15 is 0 Å². The summed E-state index contributed by atoms with van der Waals surface area (Å²) in [6.07, 6.45) is 1.21. The van der Waals surface area contributed by atoms with E-state index in [0.29, 0.717) is 37.6 Å². The third-order valence-corrected chi connectivity index (χ3v) is 3.66. The Morgan fingerprint density at radius 3 is 2.17 bits per heavy atom. The zero-order valence-corrected chi connectivity index (χ0v) is 12.6. The molecule has 1 fully saturated rings. The second-order valence-electron chi connectivity index (χ2n) is 5.18. The molecule has 23 heavy (non-hydrogen) atoms. The highest BCUT2D eigenvalue weighted by Gasteiger charge is 2.26. The fourth-order valence-electron chi connectivity index (χ4n) is 2.40. The largest absolute Gasteiger partial charge is 0.415 e.